The molecule has 426 valence electrons. The van der Waals surface area contributed by atoms with E-state index >= 15 is 0 Å². The number of rotatable bonds is 16. The van der Waals surface area contributed by atoms with Crippen molar-refractivity contribution in [2.24, 2.45) is 30.7 Å². The van der Waals surface area contributed by atoms with E-state index in [1.807, 2.05) is 0 Å². The maximum atomic E-state index is 12.6. The Balaban J connectivity index is 0.0000108. The Kier molecular flexibility index (Phi) is 32.6. The predicted octanol–water partition coefficient (Wildman–Crippen LogP) is -16.3. The summed E-state index contributed by atoms with van der Waals surface area (Å²) in [5.74, 6) is -3.49. The molecular formula is C42H25N8Na7O24S7. The Morgan fingerprint density at radius 2 is 0.739 bits per heavy atom. The number of phenolic OH excluding ortho intramolecular Hbond substituents is 2. The first kappa shape index (κ1) is 86.8. The summed E-state index contributed by atoms with van der Waals surface area (Å²) >= 11 is 0. The molecule has 7 rings (SSSR count). The third-order valence-corrected chi connectivity index (χ3v) is 16.7. The molecule has 0 aliphatic heterocycles. The van der Waals surface area contributed by atoms with Crippen LogP contribution in [0.5, 0.6) is 11.5 Å². The molecule has 0 bridgehead atoms. The third kappa shape index (κ3) is 20.9. The Morgan fingerprint density at radius 3 is 1.10 bits per heavy atom. The van der Waals surface area contributed by atoms with Gasteiger partial charge in [0.05, 0.1) is 68.1 Å². The average Bonchev–Trinajstić information content (AvgIpc) is 0.786. The number of carbonyl (C=O) groups is 1. The number of azo groups is 3. The van der Waals surface area contributed by atoms with Gasteiger partial charge in [-0.15, -0.1) is 15.3 Å². The molecule has 0 aliphatic rings. The molecule has 0 aromatic heterocycles. The summed E-state index contributed by atoms with van der Waals surface area (Å²) in [6, 6.07) is 10.4. The monoisotopic (exact) mass is 1410 g/mol. The van der Waals surface area contributed by atoms with Gasteiger partial charge >= 0.3 is 207 Å². The number of phenols is 2. The molecule has 88 heavy (non-hydrogen) atoms. The number of nitrogen functional groups attached to an aromatic ring is 1. The number of nitrogens with one attached hydrogen (secondary N) is 1. The summed E-state index contributed by atoms with van der Waals surface area (Å²) in [5.41, 5.74) is -1.47. The van der Waals surface area contributed by atoms with Gasteiger partial charge in [-0.25, -0.2) is 58.9 Å². The van der Waals surface area contributed by atoms with E-state index in [1.54, 1.807) is 0 Å². The number of hydrogen-bond donors (Lipinski definition) is 4. The molecule has 0 unspecified atom stereocenters. The molecular weight excluding hydrogens is 1390 g/mol. The minimum Gasteiger partial charge on any atom is -0.744 e. The number of benzene rings is 7. The molecule has 0 fully saturated rings. The zero-order chi connectivity index (χ0) is 60.3. The van der Waals surface area contributed by atoms with Crippen molar-refractivity contribution in [2.45, 2.75) is 41.2 Å². The average molecular weight is 1410 g/mol. The van der Waals surface area contributed by atoms with Gasteiger partial charge in [0, 0.05) is 12.3 Å². The number of nitrogens with zero attached hydrogens (tertiary/aromatic N) is 6. The Bertz CT molecular complexity index is 4900. The molecule has 0 spiro atoms. The van der Waals surface area contributed by atoms with E-state index in [2.05, 4.69) is 36.0 Å². The van der Waals surface area contributed by atoms with Crippen LogP contribution in [0.25, 0.3) is 33.7 Å². The third-order valence-electron chi connectivity index (χ3n) is 10.7. The largest absolute Gasteiger partial charge is 1.00 e. The van der Waals surface area contributed by atoms with Crippen molar-refractivity contribution in [3.05, 3.63) is 102 Å². The standard InChI is InChI=1S/C42H32N8O24S7.7Na/c1-19(51)44-29-18-28(76(57,58)59)12-22-13-33(80(69,70)71)39(41(52)35(22)29)49-46-25-6-4-20(30(16-25)77(60,61)62)2-3-21-5-7-26(17-31(21)78(63,64)65)47-50-40-34(81(72,73)74)15-23-14-32(79(66,67)68)38(37(43)36(23)42(40)53)48-45-24-8-10-27(11-9-24)75(54,55)56;;;;;;;/h2-18,52-53H,43H2,1H3,(H,44,51)(H,54,55,56)(H,57,58,59)(H,60,61,62)(H,63,64,65)(H,66,67,68)(H,69,70,71)(H,72,73,74);;;;;;;/q;7*+1/p-7/b3-2+,48-45?,49-46?,50-47?;;;;;;;. The SMILES string of the molecule is CC(=O)Nc1cc(S(=O)(=O)[O-])cc2cc(S(=O)(=O)[O-])c(N=Nc3ccc(/C=C/c4ccc(N=Nc5c(S(=O)(=O)[O-])cc6cc(S(=O)(=O)[O-])c(N=Nc7ccc(S(=O)(=O)[O-])cc7)c(N)c6c5O)cc4S(=O)(=O)[O-])c(S(=O)(=O)[O-])c3)c(O)c12.[Na+].[Na+].[Na+].[Na+].[Na+].[Na+].[Na+]. The van der Waals surface area contributed by atoms with Gasteiger partial charge in [-0.2, -0.15) is 15.3 Å². The summed E-state index contributed by atoms with van der Waals surface area (Å²) in [6.45, 7) is 0.928. The zero-order valence-electron chi connectivity index (χ0n) is 46.3. The van der Waals surface area contributed by atoms with E-state index in [0.717, 1.165) is 67.6 Å². The zero-order valence-corrected chi connectivity index (χ0v) is 66.0. The van der Waals surface area contributed by atoms with Crippen LogP contribution in [0, 0.1) is 0 Å². The van der Waals surface area contributed by atoms with E-state index in [1.165, 1.54) is 0 Å². The van der Waals surface area contributed by atoms with Crippen molar-refractivity contribution in [2.75, 3.05) is 11.1 Å². The van der Waals surface area contributed by atoms with Gasteiger partial charge < -0.3 is 53.1 Å². The first-order valence-electron chi connectivity index (χ1n) is 20.9. The molecule has 5 N–H and O–H groups in total. The topological polar surface area (TPSA) is 570 Å². The van der Waals surface area contributed by atoms with Gasteiger partial charge in [-0.3, -0.25) is 4.79 Å². The number of anilines is 2. The fourth-order valence-electron chi connectivity index (χ4n) is 7.33. The second-order valence-electron chi connectivity index (χ2n) is 16.2. The number of hydrogen-bond acceptors (Lipinski definition) is 31. The molecule has 0 heterocycles. The van der Waals surface area contributed by atoms with Gasteiger partial charge in [0.15, 0.2) is 11.5 Å². The van der Waals surface area contributed by atoms with E-state index in [-0.39, 0.29) is 213 Å². The Hall–Kier alpha value is -1.16. The van der Waals surface area contributed by atoms with Crippen LogP contribution in [0.4, 0.5) is 45.5 Å². The molecule has 7 aromatic carbocycles. The fraction of sp³-hybridized carbons (Fsp3) is 0.0238. The molecule has 0 saturated carbocycles. The summed E-state index contributed by atoms with van der Waals surface area (Å²) in [4.78, 5) is 3.76. The van der Waals surface area contributed by atoms with Crippen LogP contribution in [0.2, 0.25) is 0 Å². The van der Waals surface area contributed by atoms with E-state index < -0.39 is 195 Å². The number of carbonyl (C=O) groups excluding carboxylic acids is 1. The van der Waals surface area contributed by atoms with Crippen LogP contribution < -0.4 is 218 Å². The number of aromatic hydroxyl groups is 2. The van der Waals surface area contributed by atoms with Gasteiger partial charge in [0.25, 0.3) is 0 Å². The van der Waals surface area contributed by atoms with Gasteiger partial charge in [-0.05, 0) is 101 Å². The number of fused-ring (bicyclic) bond motifs is 2. The summed E-state index contributed by atoms with van der Waals surface area (Å²) in [6.07, 6.45) is 1.56. The van der Waals surface area contributed by atoms with Crippen molar-refractivity contribution in [3.8, 4) is 11.5 Å². The van der Waals surface area contributed by atoms with E-state index in [9.17, 15) is 106 Å². The van der Waals surface area contributed by atoms with Crippen molar-refractivity contribution in [1.82, 2.24) is 0 Å². The second kappa shape index (κ2) is 33.0. The fourth-order valence-corrected chi connectivity index (χ4v) is 11.7. The number of nitrogens with two attached hydrogens (primary N) is 1. The summed E-state index contributed by atoms with van der Waals surface area (Å²) in [5, 5.41) is 43.6. The van der Waals surface area contributed by atoms with Crippen LogP contribution in [0.3, 0.4) is 0 Å². The van der Waals surface area contributed by atoms with Gasteiger partial charge in [-0.1, -0.05) is 24.3 Å². The Labute approximate surface area is 654 Å². The maximum Gasteiger partial charge on any atom is 1.00 e. The van der Waals surface area contributed by atoms with Crippen LogP contribution in [-0.4, -0.2) is 107 Å². The van der Waals surface area contributed by atoms with Crippen molar-refractivity contribution >= 4 is 156 Å². The Morgan fingerprint density at radius 1 is 0.409 bits per heavy atom. The predicted molar refractivity (Wildman–Crippen MR) is 266 cm³/mol. The van der Waals surface area contributed by atoms with E-state index in [4.69, 9.17) is 5.73 Å². The van der Waals surface area contributed by atoms with Crippen molar-refractivity contribution < 1.29 is 313 Å². The molecule has 1 amide bonds. The molecule has 7 aromatic rings. The van der Waals surface area contributed by atoms with Crippen molar-refractivity contribution in [3.63, 3.8) is 0 Å². The summed E-state index contributed by atoms with van der Waals surface area (Å²) < 4.78 is 256. The first-order valence-corrected chi connectivity index (χ1v) is 30.8. The molecule has 46 heteroatoms. The normalized spacial score (nSPS) is 12.3. The number of amides is 1. The van der Waals surface area contributed by atoms with Crippen LogP contribution in [0.15, 0.2) is 156 Å². The van der Waals surface area contributed by atoms with Crippen molar-refractivity contribution in [1.29, 1.82) is 0 Å². The molecule has 0 atom stereocenters. The molecule has 0 saturated heterocycles. The minimum absolute atomic E-state index is 0. The van der Waals surface area contributed by atoms with Crippen LogP contribution >= 0.6 is 0 Å². The first-order chi connectivity index (χ1) is 37.1. The smallest absolute Gasteiger partial charge is 0.744 e. The van der Waals surface area contributed by atoms with Crippen LogP contribution in [-0.2, 0) is 75.6 Å². The van der Waals surface area contributed by atoms with Crippen LogP contribution in [0.1, 0.15) is 18.1 Å². The second-order valence-corrected chi connectivity index (χ2v) is 25.7. The van der Waals surface area contributed by atoms with Gasteiger partial charge in [0.1, 0.15) is 87.9 Å². The quantitative estimate of drug-likeness (QED) is 0.0229. The van der Waals surface area contributed by atoms with E-state index in [0.29, 0.717) is 42.5 Å². The summed E-state index contributed by atoms with van der Waals surface area (Å²) in [7, 11) is -38.5. The molecule has 0 aliphatic carbocycles. The maximum absolute atomic E-state index is 12.6. The molecule has 32 nitrogen and oxygen atoms in total. The molecule has 0 radical (unpaired) electrons. The minimum atomic E-state index is -5.76. The van der Waals surface area contributed by atoms with Gasteiger partial charge in [0.2, 0.25) is 5.91 Å².